The van der Waals surface area contributed by atoms with Gasteiger partial charge in [0.15, 0.2) is 11.5 Å². The fraction of sp³-hybridized carbons (Fsp3) is 0.217. The molecule has 0 saturated heterocycles. The molecule has 1 aliphatic rings. The molecule has 7 heteroatoms. The third-order valence-corrected chi connectivity index (χ3v) is 4.48. The number of ether oxygens (including phenoxy) is 2. The van der Waals surface area contributed by atoms with Gasteiger partial charge in [-0.3, -0.25) is 0 Å². The minimum Gasteiger partial charge on any atom is -0.395 e. The van der Waals surface area contributed by atoms with Gasteiger partial charge in [-0.15, -0.1) is 8.78 Å². The Morgan fingerprint density at radius 1 is 0.867 bits per heavy atom. The summed E-state index contributed by atoms with van der Waals surface area (Å²) in [4.78, 5) is 0. The largest absolute Gasteiger partial charge is 0.586 e. The molecule has 1 heterocycles. The van der Waals surface area contributed by atoms with E-state index in [4.69, 9.17) is 0 Å². The molecule has 0 unspecified atom stereocenters. The van der Waals surface area contributed by atoms with Crippen molar-refractivity contribution in [1.29, 1.82) is 0 Å². The number of nitrogens with one attached hydrogen (secondary N) is 1. The maximum Gasteiger partial charge on any atom is 0.586 e. The summed E-state index contributed by atoms with van der Waals surface area (Å²) in [6.07, 6.45) is -3.66. The minimum atomic E-state index is -3.66. The highest BCUT2D eigenvalue weighted by molar-refractivity contribution is 5.72. The van der Waals surface area contributed by atoms with E-state index in [0.29, 0.717) is 11.3 Å². The average molecular weight is 419 g/mol. The lowest BCUT2D eigenvalue weighted by Crippen LogP contribution is -2.25. The highest BCUT2D eigenvalue weighted by atomic mass is 19.3. The molecule has 0 bridgehead atoms. The first kappa shape index (κ1) is 21.5. The number of anilines is 1. The molecule has 0 saturated carbocycles. The Labute approximate surface area is 172 Å². The summed E-state index contributed by atoms with van der Waals surface area (Å²) in [5.74, 6) is -1.26. The van der Waals surface area contributed by atoms with Crippen LogP contribution in [0.3, 0.4) is 0 Å². The van der Waals surface area contributed by atoms with Gasteiger partial charge in [-0.2, -0.15) is 0 Å². The molecular formula is C23H21F4NO2. The van der Waals surface area contributed by atoms with Crippen LogP contribution in [0.2, 0.25) is 0 Å². The van der Waals surface area contributed by atoms with Crippen LogP contribution < -0.4 is 14.8 Å². The predicted octanol–water partition coefficient (Wildman–Crippen LogP) is 6.90. The normalized spacial score (nSPS) is 13.4. The number of rotatable bonds is 4. The first-order valence-electron chi connectivity index (χ1n) is 9.50. The van der Waals surface area contributed by atoms with Crippen LogP contribution in [0.1, 0.15) is 25.0 Å². The van der Waals surface area contributed by atoms with Crippen LogP contribution in [-0.2, 0) is 6.54 Å². The molecule has 0 amide bonds. The number of benzene rings is 3. The molecule has 158 valence electrons. The summed E-state index contributed by atoms with van der Waals surface area (Å²) in [7, 11) is 0. The maximum atomic E-state index is 13.7. The van der Waals surface area contributed by atoms with Crippen LogP contribution >= 0.6 is 0 Å². The second-order valence-electron chi connectivity index (χ2n) is 6.41. The zero-order valence-corrected chi connectivity index (χ0v) is 16.7. The van der Waals surface area contributed by atoms with Crippen LogP contribution in [0.4, 0.5) is 23.2 Å². The smallest absolute Gasteiger partial charge is 0.395 e. The molecule has 0 aromatic heterocycles. The second kappa shape index (κ2) is 8.65. The minimum absolute atomic E-state index is 0.00329. The number of aryl methyl sites for hydroxylation is 1. The molecule has 0 aliphatic carbocycles. The first-order chi connectivity index (χ1) is 14.3. The van der Waals surface area contributed by atoms with Gasteiger partial charge >= 0.3 is 6.29 Å². The fourth-order valence-electron chi connectivity index (χ4n) is 3.07. The molecule has 3 aromatic carbocycles. The SMILES string of the molecule is CC.Cc1cc2c(cc1-c1ccc(NCc3c(F)cccc3F)cc1)OC(F)(F)O2. The molecular weight excluding hydrogens is 398 g/mol. The molecule has 1 aliphatic heterocycles. The van der Waals surface area contributed by atoms with Gasteiger partial charge in [-0.25, -0.2) is 8.78 Å². The van der Waals surface area contributed by atoms with Gasteiger partial charge in [0.05, 0.1) is 0 Å². The van der Waals surface area contributed by atoms with Crippen molar-refractivity contribution in [3.8, 4) is 22.6 Å². The lowest BCUT2D eigenvalue weighted by atomic mass is 9.99. The van der Waals surface area contributed by atoms with Crippen molar-refractivity contribution in [2.45, 2.75) is 33.6 Å². The number of halogens is 4. The van der Waals surface area contributed by atoms with Crippen molar-refractivity contribution in [3.63, 3.8) is 0 Å². The third kappa shape index (κ3) is 4.50. The van der Waals surface area contributed by atoms with Crippen molar-refractivity contribution in [1.82, 2.24) is 0 Å². The number of alkyl halides is 2. The average Bonchev–Trinajstić information content (AvgIpc) is 3.02. The van der Waals surface area contributed by atoms with E-state index in [-0.39, 0.29) is 23.6 Å². The second-order valence-corrected chi connectivity index (χ2v) is 6.41. The van der Waals surface area contributed by atoms with Crippen molar-refractivity contribution in [2.75, 3.05) is 5.32 Å². The molecule has 0 atom stereocenters. The molecule has 1 N–H and O–H groups in total. The number of hydrogen-bond acceptors (Lipinski definition) is 3. The predicted molar refractivity (Wildman–Crippen MR) is 108 cm³/mol. The summed E-state index contributed by atoms with van der Waals surface area (Å²) in [5.41, 5.74) is 2.86. The maximum absolute atomic E-state index is 13.7. The Kier molecular flexibility index (Phi) is 6.20. The number of hydrogen-bond donors (Lipinski definition) is 1. The van der Waals surface area contributed by atoms with E-state index in [9.17, 15) is 17.6 Å². The highest BCUT2D eigenvalue weighted by Gasteiger charge is 2.43. The van der Waals surface area contributed by atoms with Crippen LogP contribution in [0.25, 0.3) is 11.1 Å². The quantitative estimate of drug-likeness (QED) is 0.467. The third-order valence-electron chi connectivity index (χ3n) is 4.48. The summed E-state index contributed by atoms with van der Waals surface area (Å²) in [6.45, 7) is 5.78. The van der Waals surface area contributed by atoms with Gasteiger partial charge in [0.1, 0.15) is 11.6 Å². The van der Waals surface area contributed by atoms with E-state index in [1.54, 1.807) is 31.2 Å². The van der Waals surface area contributed by atoms with Gasteiger partial charge in [0.2, 0.25) is 0 Å². The molecule has 3 nitrogen and oxygen atoms in total. The lowest BCUT2D eigenvalue weighted by molar-refractivity contribution is -0.286. The first-order valence-corrected chi connectivity index (χ1v) is 9.50. The summed E-state index contributed by atoms with van der Waals surface area (Å²) >= 11 is 0. The lowest BCUT2D eigenvalue weighted by Gasteiger charge is -2.11. The summed E-state index contributed by atoms with van der Waals surface area (Å²) < 4.78 is 62.8. The van der Waals surface area contributed by atoms with Gasteiger partial charge in [0.25, 0.3) is 0 Å². The molecule has 30 heavy (non-hydrogen) atoms. The van der Waals surface area contributed by atoms with Gasteiger partial charge in [0, 0.05) is 17.8 Å². The van der Waals surface area contributed by atoms with Crippen molar-refractivity contribution in [3.05, 3.63) is 77.4 Å². The zero-order valence-electron chi connectivity index (χ0n) is 16.7. The van der Waals surface area contributed by atoms with E-state index in [0.717, 1.165) is 11.1 Å². The Hall–Kier alpha value is -3.22. The van der Waals surface area contributed by atoms with Crippen molar-refractivity contribution >= 4 is 5.69 Å². The zero-order chi connectivity index (χ0) is 21.9. The highest BCUT2D eigenvalue weighted by Crippen LogP contribution is 2.44. The van der Waals surface area contributed by atoms with E-state index in [1.807, 2.05) is 13.8 Å². The molecule has 4 rings (SSSR count). The van der Waals surface area contributed by atoms with Crippen LogP contribution in [0.15, 0.2) is 54.6 Å². The van der Waals surface area contributed by atoms with E-state index >= 15 is 0 Å². The molecule has 0 spiro atoms. The van der Waals surface area contributed by atoms with E-state index in [1.165, 1.54) is 30.3 Å². The van der Waals surface area contributed by atoms with Gasteiger partial charge in [-0.1, -0.05) is 32.0 Å². The summed E-state index contributed by atoms with van der Waals surface area (Å²) in [5, 5.41) is 2.96. The Morgan fingerprint density at radius 3 is 2.03 bits per heavy atom. The summed E-state index contributed by atoms with van der Waals surface area (Å²) in [6, 6.07) is 13.8. The van der Waals surface area contributed by atoms with Crippen molar-refractivity contribution < 1.29 is 27.0 Å². The van der Waals surface area contributed by atoms with Crippen LogP contribution in [0.5, 0.6) is 11.5 Å². The van der Waals surface area contributed by atoms with Crippen LogP contribution in [-0.4, -0.2) is 6.29 Å². The van der Waals surface area contributed by atoms with Gasteiger partial charge < -0.3 is 14.8 Å². The van der Waals surface area contributed by atoms with Crippen molar-refractivity contribution in [2.24, 2.45) is 0 Å². The fourth-order valence-corrected chi connectivity index (χ4v) is 3.07. The molecule has 0 fully saturated rings. The Balaban J connectivity index is 0.00000124. The standard InChI is InChI=1S/C21H15F4NO2.C2H6/c1-12-9-19-20(28-21(24,25)27-19)10-15(12)13-5-7-14(8-6-13)26-11-16-17(22)3-2-4-18(16)23;1-2/h2-10,26H,11H2,1H3;1-2H3. The Morgan fingerprint density at radius 2 is 1.43 bits per heavy atom. The molecule has 0 radical (unpaired) electrons. The molecule has 3 aromatic rings. The van der Waals surface area contributed by atoms with Crippen LogP contribution in [0, 0.1) is 18.6 Å². The Bertz CT molecular complexity index is 1020. The van der Waals surface area contributed by atoms with Gasteiger partial charge in [-0.05, 0) is 60.0 Å². The van der Waals surface area contributed by atoms with E-state index < -0.39 is 17.9 Å². The number of fused-ring (bicyclic) bond motifs is 1. The monoisotopic (exact) mass is 419 g/mol. The van der Waals surface area contributed by atoms with E-state index in [2.05, 4.69) is 14.8 Å². The topological polar surface area (TPSA) is 30.5 Å².